The topological polar surface area (TPSA) is 59.6 Å². The predicted molar refractivity (Wildman–Crippen MR) is 153 cm³/mol. The molecule has 0 saturated carbocycles. The summed E-state index contributed by atoms with van der Waals surface area (Å²) in [6, 6.07) is 17.4. The Labute approximate surface area is 221 Å². The number of hydrogen-bond donors (Lipinski definition) is 2. The Hall–Kier alpha value is -3.22. The molecule has 0 atom stereocenters. The number of nitrogens with one attached hydrogen (secondary N) is 2. The smallest absolute Gasteiger partial charge is 0.324 e. The third-order valence-electron chi connectivity index (χ3n) is 6.18. The molecule has 5 nitrogen and oxygen atoms in total. The molecule has 0 radical (unpaired) electrons. The molecule has 0 unspecified atom stereocenters. The summed E-state index contributed by atoms with van der Waals surface area (Å²) in [6.07, 6.45) is 0. The maximum Gasteiger partial charge on any atom is 0.324 e. The Morgan fingerprint density at radius 2 is 1.47 bits per heavy atom. The third-order valence-corrected chi connectivity index (χ3v) is 7.57. The van der Waals surface area contributed by atoms with Gasteiger partial charge in [0.25, 0.3) is 0 Å². The van der Waals surface area contributed by atoms with E-state index in [1.165, 1.54) is 11.3 Å². The van der Waals surface area contributed by atoms with Gasteiger partial charge in [-0.1, -0.05) is 75.7 Å². The fourth-order valence-electron chi connectivity index (χ4n) is 4.39. The van der Waals surface area contributed by atoms with Gasteiger partial charge in [-0.05, 0) is 35.1 Å². The number of ether oxygens (including phenoxy) is 2. The number of anilines is 2. The molecular formula is C29H31ClN2O3S. The van der Waals surface area contributed by atoms with Crippen LogP contribution in [-0.2, 0) is 0 Å². The molecule has 0 aliphatic rings. The number of urea groups is 1. The van der Waals surface area contributed by atoms with E-state index in [0.29, 0.717) is 21.5 Å². The predicted octanol–water partition coefficient (Wildman–Crippen LogP) is 9.13. The molecule has 1 aromatic heterocycles. The number of benzene rings is 3. The molecule has 0 spiro atoms. The van der Waals surface area contributed by atoms with E-state index in [0.717, 1.165) is 38.0 Å². The lowest BCUT2D eigenvalue weighted by molar-refractivity contribution is 0.262. The Morgan fingerprint density at radius 3 is 2.06 bits per heavy atom. The first-order chi connectivity index (χ1) is 17.2. The van der Waals surface area contributed by atoms with Crippen LogP contribution in [0, 0.1) is 0 Å². The Bertz CT molecular complexity index is 1390. The van der Waals surface area contributed by atoms with Crippen molar-refractivity contribution in [2.75, 3.05) is 24.9 Å². The van der Waals surface area contributed by atoms with Crippen LogP contribution in [0.25, 0.3) is 21.2 Å². The van der Waals surface area contributed by atoms with Gasteiger partial charge in [-0.15, -0.1) is 11.3 Å². The van der Waals surface area contributed by atoms with Crippen LogP contribution in [-0.4, -0.2) is 20.3 Å². The first-order valence-electron chi connectivity index (χ1n) is 11.9. The number of carbonyl (C=O) groups excluding carboxylic acids is 1. The largest absolute Gasteiger partial charge is 0.493 e. The number of fused-ring (bicyclic) bond motifs is 1. The summed E-state index contributed by atoms with van der Waals surface area (Å²) < 4.78 is 12.0. The molecule has 1 heterocycles. The summed E-state index contributed by atoms with van der Waals surface area (Å²) in [5, 5.41) is 8.47. The minimum absolute atomic E-state index is 0.266. The van der Waals surface area contributed by atoms with Gasteiger partial charge in [-0.2, -0.15) is 0 Å². The molecule has 4 rings (SSSR count). The molecule has 4 aromatic rings. The molecule has 0 saturated heterocycles. The molecule has 0 bridgehead atoms. The molecule has 0 aliphatic carbocycles. The second-order valence-electron chi connectivity index (χ2n) is 9.19. The summed E-state index contributed by atoms with van der Waals surface area (Å²) in [7, 11) is 3.22. The monoisotopic (exact) mass is 522 g/mol. The van der Waals surface area contributed by atoms with Crippen LogP contribution in [0.15, 0.2) is 54.6 Å². The molecular weight excluding hydrogens is 492 g/mol. The maximum atomic E-state index is 13.4. The summed E-state index contributed by atoms with van der Waals surface area (Å²) in [5.74, 6) is 1.77. The zero-order valence-corrected chi connectivity index (χ0v) is 22.9. The van der Waals surface area contributed by atoms with Crippen molar-refractivity contribution in [3.05, 3.63) is 70.7 Å². The number of thiophene rings is 1. The highest BCUT2D eigenvalue weighted by atomic mass is 35.5. The zero-order chi connectivity index (χ0) is 26.0. The third kappa shape index (κ3) is 5.01. The van der Waals surface area contributed by atoms with Crippen molar-refractivity contribution >= 4 is 49.7 Å². The van der Waals surface area contributed by atoms with Crippen molar-refractivity contribution in [2.45, 2.75) is 39.5 Å². The van der Waals surface area contributed by atoms with E-state index in [-0.39, 0.29) is 17.9 Å². The second kappa shape index (κ2) is 10.8. The summed E-state index contributed by atoms with van der Waals surface area (Å²) >= 11 is 8.09. The fourth-order valence-corrected chi connectivity index (χ4v) is 5.74. The van der Waals surface area contributed by atoms with Gasteiger partial charge in [0.15, 0.2) is 11.5 Å². The summed E-state index contributed by atoms with van der Waals surface area (Å²) in [4.78, 5) is 13.4. The Balaban J connectivity index is 1.81. The number of amides is 2. The number of methoxy groups -OCH3 is 2. The molecule has 0 aliphatic heterocycles. The fraction of sp³-hybridized carbons (Fsp3) is 0.276. The van der Waals surface area contributed by atoms with Gasteiger partial charge in [0.2, 0.25) is 0 Å². The molecule has 2 N–H and O–H groups in total. The highest BCUT2D eigenvalue weighted by Gasteiger charge is 2.22. The van der Waals surface area contributed by atoms with Crippen molar-refractivity contribution in [2.24, 2.45) is 0 Å². The second-order valence-corrected chi connectivity index (χ2v) is 10.6. The Morgan fingerprint density at radius 1 is 0.861 bits per heavy atom. The first-order valence-corrected chi connectivity index (χ1v) is 13.1. The van der Waals surface area contributed by atoms with E-state index in [1.54, 1.807) is 14.2 Å². The SMILES string of the molecule is COc1cc2sc(NC(=O)Nc3c(C(C)C)cccc3C(C)C)c(-c3ccccc3Cl)c2cc1OC. The van der Waals surface area contributed by atoms with Crippen molar-refractivity contribution in [3.8, 4) is 22.6 Å². The van der Waals surface area contributed by atoms with E-state index in [2.05, 4.69) is 56.5 Å². The van der Waals surface area contributed by atoms with Crippen LogP contribution >= 0.6 is 22.9 Å². The van der Waals surface area contributed by atoms with Gasteiger partial charge >= 0.3 is 6.03 Å². The number of rotatable bonds is 7. The van der Waals surface area contributed by atoms with Gasteiger partial charge in [0, 0.05) is 38.0 Å². The van der Waals surface area contributed by atoms with Crippen LogP contribution in [0.4, 0.5) is 15.5 Å². The molecule has 0 fully saturated rings. The van der Waals surface area contributed by atoms with E-state index < -0.39 is 0 Å². The summed E-state index contributed by atoms with van der Waals surface area (Å²) in [5.41, 5.74) is 4.75. The van der Waals surface area contributed by atoms with Crippen molar-refractivity contribution in [3.63, 3.8) is 0 Å². The van der Waals surface area contributed by atoms with Crippen LogP contribution in [0.5, 0.6) is 11.5 Å². The average Bonchev–Trinajstić information content (AvgIpc) is 3.19. The average molecular weight is 523 g/mol. The number of hydrogen-bond acceptors (Lipinski definition) is 4. The minimum atomic E-state index is -0.302. The van der Waals surface area contributed by atoms with E-state index in [1.807, 2.05) is 36.4 Å². The number of para-hydroxylation sites is 1. The lowest BCUT2D eigenvalue weighted by Crippen LogP contribution is -2.21. The molecule has 3 aromatic carbocycles. The van der Waals surface area contributed by atoms with Crippen LogP contribution in [0.2, 0.25) is 5.02 Å². The zero-order valence-electron chi connectivity index (χ0n) is 21.4. The molecule has 7 heteroatoms. The lowest BCUT2D eigenvalue weighted by atomic mass is 9.93. The van der Waals surface area contributed by atoms with Gasteiger partial charge in [0.05, 0.1) is 14.2 Å². The molecule has 2 amide bonds. The quantitative estimate of drug-likeness (QED) is 0.254. The van der Waals surface area contributed by atoms with E-state index >= 15 is 0 Å². The Kier molecular flexibility index (Phi) is 7.76. The summed E-state index contributed by atoms with van der Waals surface area (Å²) in [6.45, 7) is 8.52. The highest BCUT2D eigenvalue weighted by molar-refractivity contribution is 7.23. The number of carbonyl (C=O) groups is 1. The van der Waals surface area contributed by atoms with Gasteiger partial charge < -0.3 is 14.8 Å². The van der Waals surface area contributed by atoms with Crippen molar-refractivity contribution in [1.82, 2.24) is 0 Å². The first kappa shape index (κ1) is 25.9. The van der Waals surface area contributed by atoms with E-state index in [9.17, 15) is 4.79 Å². The van der Waals surface area contributed by atoms with Crippen molar-refractivity contribution in [1.29, 1.82) is 0 Å². The van der Waals surface area contributed by atoms with E-state index in [4.69, 9.17) is 21.1 Å². The highest BCUT2D eigenvalue weighted by Crippen LogP contribution is 2.48. The number of halogens is 1. The van der Waals surface area contributed by atoms with Crippen LogP contribution in [0.1, 0.15) is 50.7 Å². The lowest BCUT2D eigenvalue weighted by Gasteiger charge is -2.20. The minimum Gasteiger partial charge on any atom is -0.493 e. The van der Waals surface area contributed by atoms with Crippen LogP contribution in [0.3, 0.4) is 0 Å². The standard InChI is InChI=1S/C29H31ClN2O3S/c1-16(2)18-11-9-12-19(17(3)4)27(18)31-29(33)32-28-26(20-10-7-8-13-22(20)30)21-14-23(34-5)24(35-6)15-25(21)36-28/h7-17H,1-6H3,(H2,31,32,33). The van der Waals surface area contributed by atoms with Crippen molar-refractivity contribution < 1.29 is 14.3 Å². The normalized spacial score (nSPS) is 11.2. The molecule has 188 valence electrons. The maximum absolute atomic E-state index is 13.4. The van der Waals surface area contributed by atoms with Gasteiger partial charge in [-0.25, -0.2) is 4.79 Å². The van der Waals surface area contributed by atoms with Crippen LogP contribution < -0.4 is 20.1 Å². The van der Waals surface area contributed by atoms with Gasteiger partial charge in [-0.3, -0.25) is 5.32 Å². The van der Waals surface area contributed by atoms with Gasteiger partial charge in [0.1, 0.15) is 5.00 Å². The molecule has 36 heavy (non-hydrogen) atoms.